The third-order valence-corrected chi connectivity index (χ3v) is 5.08. The molecule has 23 heavy (non-hydrogen) atoms. The van der Waals surface area contributed by atoms with E-state index in [-0.39, 0.29) is 18.1 Å². The number of hydrogen-bond donors (Lipinski definition) is 2. The molecule has 1 aliphatic carbocycles. The van der Waals surface area contributed by atoms with Gasteiger partial charge in [-0.15, -0.1) is 11.3 Å². The molecule has 1 aliphatic rings. The van der Waals surface area contributed by atoms with Gasteiger partial charge in [-0.05, 0) is 36.2 Å². The van der Waals surface area contributed by atoms with Crippen LogP contribution in [0.5, 0.6) is 0 Å². The van der Waals surface area contributed by atoms with Crippen LogP contribution in [0.1, 0.15) is 37.6 Å². The van der Waals surface area contributed by atoms with Crippen molar-refractivity contribution in [3.8, 4) is 0 Å². The molecule has 0 saturated heterocycles. The van der Waals surface area contributed by atoms with Crippen molar-refractivity contribution in [3.63, 3.8) is 0 Å². The Bertz CT molecular complexity index is 811. The van der Waals surface area contributed by atoms with Gasteiger partial charge in [0.05, 0.1) is 5.56 Å². The minimum absolute atomic E-state index is 0.130. The number of hydrogen-bond acceptors (Lipinski definition) is 4. The Morgan fingerprint density at radius 3 is 2.52 bits per heavy atom. The Hall–Kier alpha value is -2.18. The van der Waals surface area contributed by atoms with Crippen LogP contribution in [0.25, 0.3) is 0 Å². The monoisotopic (exact) mass is 348 g/mol. The van der Waals surface area contributed by atoms with Gasteiger partial charge < -0.3 is 11.1 Å². The highest BCUT2D eigenvalue weighted by atomic mass is 35.5. The lowest BCUT2D eigenvalue weighted by Gasteiger charge is -2.10. The van der Waals surface area contributed by atoms with Crippen LogP contribution in [0, 0.1) is 0 Å². The van der Waals surface area contributed by atoms with E-state index in [9.17, 15) is 14.4 Å². The van der Waals surface area contributed by atoms with Crippen molar-refractivity contribution >= 4 is 45.5 Å². The molecule has 0 unspecified atom stereocenters. The van der Waals surface area contributed by atoms with Crippen molar-refractivity contribution in [3.05, 3.63) is 50.9 Å². The molecule has 1 heterocycles. The van der Waals surface area contributed by atoms with Crippen LogP contribution in [0.2, 0.25) is 5.02 Å². The molecule has 0 radical (unpaired) electrons. The lowest BCUT2D eigenvalue weighted by Crippen LogP contribution is -2.19. The average Bonchev–Trinajstić information content (AvgIpc) is 2.84. The number of fused-ring (bicyclic) bond motifs is 1. The second kappa shape index (κ2) is 6.14. The number of anilines is 1. The van der Waals surface area contributed by atoms with E-state index in [1.807, 2.05) is 0 Å². The fraction of sp³-hybridized carbons (Fsp3) is 0.188. The predicted molar refractivity (Wildman–Crippen MR) is 89.3 cm³/mol. The molecule has 2 amide bonds. The summed E-state index contributed by atoms with van der Waals surface area (Å²) in [6, 6.07) is 6.42. The van der Waals surface area contributed by atoms with Gasteiger partial charge in [0.15, 0.2) is 0 Å². The summed E-state index contributed by atoms with van der Waals surface area (Å²) in [6.45, 7) is 0. The van der Waals surface area contributed by atoms with Crippen molar-refractivity contribution in [2.75, 3.05) is 5.32 Å². The van der Waals surface area contributed by atoms with Crippen molar-refractivity contribution in [2.45, 2.75) is 19.3 Å². The summed E-state index contributed by atoms with van der Waals surface area (Å²) in [6.07, 6.45) is 1.17. The molecule has 1 aromatic carbocycles. The highest BCUT2D eigenvalue weighted by Crippen LogP contribution is 2.37. The summed E-state index contributed by atoms with van der Waals surface area (Å²) in [7, 11) is 0. The number of ketones is 1. The van der Waals surface area contributed by atoms with Crippen molar-refractivity contribution in [1.29, 1.82) is 0 Å². The van der Waals surface area contributed by atoms with Crippen molar-refractivity contribution in [1.82, 2.24) is 0 Å². The van der Waals surface area contributed by atoms with E-state index in [0.29, 0.717) is 34.0 Å². The maximum atomic E-state index is 12.3. The Morgan fingerprint density at radius 2 is 1.87 bits per heavy atom. The number of benzene rings is 1. The van der Waals surface area contributed by atoms with Gasteiger partial charge in [-0.3, -0.25) is 14.4 Å². The zero-order chi connectivity index (χ0) is 16.6. The normalized spacial score (nSPS) is 13.5. The van der Waals surface area contributed by atoms with E-state index in [4.69, 9.17) is 17.3 Å². The molecule has 118 valence electrons. The van der Waals surface area contributed by atoms with Crippen LogP contribution in [0.15, 0.2) is 24.3 Å². The number of halogens is 1. The number of rotatable bonds is 3. The van der Waals surface area contributed by atoms with Crippen LogP contribution in [-0.4, -0.2) is 17.6 Å². The van der Waals surface area contributed by atoms with E-state index >= 15 is 0 Å². The largest absolute Gasteiger partial charge is 0.365 e. The highest BCUT2D eigenvalue weighted by molar-refractivity contribution is 7.17. The fourth-order valence-corrected chi connectivity index (χ4v) is 3.98. The summed E-state index contributed by atoms with van der Waals surface area (Å²) >= 11 is 7.04. The molecule has 0 aliphatic heterocycles. The number of carbonyl (C=O) groups is 3. The second-order valence-corrected chi connectivity index (χ2v) is 6.79. The van der Waals surface area contributed by atoms with Gasteiger partial charge in [0, 0.05) is 28.3 Å². The summed E-state index contributed by atoms with van der Waals surface area (Å²) in [4.78, 5) is 36.5. The first-order valence-electron chi connectivity index (χ1n) is 6.98. The fourth-order valence-electron chi connectivity index (χ4n) is 2.58. The number of Topliss-reactive ketones (excluding diaryl/α,β-unsaturated/α-hetero) is 1. The minimum atomic E-state index is -0.594. The summed E-state index contributed by atoms with van der Waals surface area (Å²) < 4.78 is 0. The van der Waals surface area contributed by atoms with E-state index < -0.39 is 5.91 Å². The first kappa shape index (κ1) is 15.7. The van der Waals surface area contributed by atoms with Crippen molar-refractivity contribution < 1.29 is 14.4 Å². The smallest absolute Gasteiger partial charge is 0.256 e. The van der Waals surface area contributed by atoms with E-state index in [0.717, 1.165) is 10.4 Å². The number of nitrogens with two attached hydrogens (primary N) is 1. The third-order valence-electron chi connectivity index (χ3n) is 3.68. The maximum Gasteiger partial charge on any atom is 0.256 e. The number of primary amides is 1. The van der Waals surface area contributed by atoms with Crippen LogP contribution in [0.4, 0.5) is 5.00 Å². The Morgan fingerprint density at radius 1 is 1.17 bits per heavy atom. The minimum Gasteiger partial charge on any atom is -0.365 e. The molecular weight excluding hydrogens is 336 g/mol. The summed E-state index contributed by atoms with van der Waals surface area (Å²) in [5.41, 5.74) is 6.99. The molecular formula is C16H13ClN2O3S. The van der Waals surface area contributed by atoms with E-state index in [1.165, 1.54) is 11.3 Å². The number of carbonyl (C=O) groups excluding carboxylic acids is 3. The summed E-state index contributed by atoms with van der Waals surface area (Å²) in [5.74, 6) is -0.817. The average molecular weight is 349 g/mol. The molecule has 0 fully saturated rings. The molecule has 0 saturated carbocycles. The van der Waals surface area contributed by atoms with Gasteiger partial charge in [0.25, 0.3) is 11.8 Å². The molecule has 2 aromatic rings. The quantitative estimate of drug-likeness (QED) is 0.893. The Balaban J connectivity index is 1.93. The Kier molecular flexibility index (Phi) is 4.19. The molecule has 0 bridgehead atoms. The van der Waals surface area contributed by atoms with Gasteiger partial charge in [0.1, 0.15) is 10.8 Å². The van der Waals surface area contributed by atoms with Gasteiger partial charge >= 0.3 is 0 Å². The van der Waals surface area contributed by atoms with Gasteiger partial charge in [-0.2, -0.15) is 0 Å². The standard InChI is InChI=1S/C16H13ClN2O3S/c17-9-3-1-8(2-4-9)15(22)19-16-13(14(18)21)11-6-5-10(20)7-12(11)23-16/h1-4H,5-7H2,(H2,18,21)(H,19,22). The second-order valence-electron chi connectivity index (χ2n) is 5.25. The number of amides is 2. The first-order chi connectivity index (χ1) is 11.0. The molecule has 0 spiro atoms. The topological polar surface area (TPSA) is 89.3 Å². The third kappa shape index (κ3) is 3.13. The molecule has 3 N–H and O–H groups in total. The first-order valence-corrected chi connectivity index (χ1v) is 8.18. The van der Waals surface area contributed by atoms with Gasteiger partial charge in [-0.1, -0.05) is 11.6 Å². The molecule has 7 heteroatoms. The van der Waals surface area contributed by atoms with E-state index in [1.54, 1.807) is 24.3 Å². The summed E-state index contributed by atoms with van der Waals surface area (Å²) in [5, 5.41) is 3.66. The molecule has 1 aromatic heterocycles. The predicted octanol–water partition coefficient (Wildman–Crippen LogP) is 2.81. The number of thiophene rings is 1. The molecule has 5 nitrogen and oxygen atoms in total. The molecule has 3 rings (SSSR count). The van der Waals surface area contributed by atoms with Crippen LogP contribution in [0.3, 0.4) is 0 Å². The van der Waals surface area contributed by atoms with Gasteiger partial charge in [0.2, 0.25) is 0 Å². The lowest BCUT2D eigenvalue weighted by atomic mass is 9.94. The zero-order valence-electron chi connectivity index (χ0n) is 12.0. The van der Waals surface area contributed by atoms with Crippen LogP contribution >= 0.6 is 22.9 Å². The maximum absolute atomic E-state index is 12.3. The zero-order valence-corrected chi connectivity index (χ0v) is 13.6. The number of nitrogens with one attached hydrogen (secondary N) is 1. The highest BCUT2D eigenvalue weighted by Gasteiger charge is 2.27. The SMILES string of the molecule is NC(=O)c1c(NC(=O)c2ccc(Cl)cc2)sc2c1CCC(=O)C2. The van der Waals surface area contributed by atoms with Crippen molar-refractivity contribution in [2.24, 2.45) is 5.73 Å². The molecule has 0 atom stereocenters. The Labute approximate surface area is 141 Å². The lowest BCUT2D eigenvalue weighted by molar-refractivity contribution is -0.118. The van der Waals surface area contributed by atoms with Gasteiger partial charge in [-0.25, -0.2) is 0 Å². The van der Waals surface area contributed by atoms with Crippen LogP contribution in [-0.2, 0) is 17.6 Å². The van der Waals surface area contributed by atoms with E-state index in [2.05, 4.69) is 5.32 Å². The van der Waals surface area contributed by atoms with Crippen LogP contribution < -0.4 is 11.1 Å².